The zero-order chi connectivity index (χ0) is 26.7. The van der Waals surface area contributed by atoms with Crippen molar-refractivity contribution in [1.82, 2.24) is 10.6 Å². The molecule has 1 aliphatic carbocycles. The predicted molar refractivity (Wildman–Crippen MR) is 143 cm³/mol. The maximum atomic E-state index is 13.0. The van der Waals surface area contributed by atoms with Gasteiger partial charge in [0.25, 0.3) is 5.91 Å². The Hall–Kier alpha value is -2.32. The molecule has 2 amide bonds. The number of carbonyl (C=O) groups excluding carboxylic acids is 2. The summed E-state index contributed by atoms with van der Waals surface area (Å²) < 4.78 is 15.8. The molecule has 0 aromatic heterocycles. The molecule has 1 heterocycles. The summed E-state index contributed by atoms with van der Waals surface area (Å²) in [6, 6.07) is 13.5. The van der Waals surface area contributed by atoms with Crippen LogP contribution in [0, 0.1) is 11.3 Å². The summed E-state index contributed by atoms with van der Waals surface area (Å²) in [6.45, 7) is 4.24. The molecule has 9 heteroatoms. The molecule has 200 valence electrons. The van der Waals surface area contributed by atoms with Crippen LogP contribution in [0.3, 0.4) is 0 Å². The van der Waals surface area contributed by atoms with Crippen LogP contribution in [0.15, 0.2) is 42.5 Å². The molecule has 0 unspecified atom stereocenters. The molecule has 2 aliphatic rings. The number of carbonyl (C=O) groups is 2. The fraction of sp³-hybridized carbons (Fsp3) is 0.500. The highest BCUT2D eigenvalue weighted by atomic mass is 35.5. The summed E-state index contributed by atoms with van der Waals surface area (Å²) >= 11 is 13.0. The van der Waals surface area contributed by atoms with Gasteiger partial charge in [0.05, 0.1) is 12.0 Å². The van der Waals surface area contributed by atoms with Crippen molar-refractivity contribution in [1.29, 1.82) is 0 Å². The molecule has 2 fully saturated rings. The Kier molecular flexibility index (Phi) is 8.69. The number of benzene rings is 2. The van der Waals surface area contributed by atoms with Gasteiger partial charge in [-0.2, -0.15) is 0 Å². The SMILES string of the molecule is COC(CNC(=O)COc1ccc([C@@H]2CC[C@@]3(C)C(=O)N[C@H](C)[C@H]3[C@H]2c2ccc(Cl)cc2)c(Cl)c1)OC. The lowest BCUT2D eigenvalue weighted by Gasteiger charge is -2.46. The molecular weight excluding hydrogens is 515 g/mol. The topological polar surface area (TPSA) is 85.9 Å². The second-order valence-corrected chi connectivity index (χ2v) is 10.9. The Balaban J connectivity index is 1.54. The smallest absolute Gasteiger partial charge is 0.258 e. The number of hydrogen-bond acceptors (Lipinski definition) is 5. The molecule has 0 radical (unpaired) electrons. The number of methoxy groups -OCH3 is 2. The van der Waals surface area contributed by atoms with Crippen LogP contribution in [0.1, 0.15) is 49.7 Å². The minimum Gasteiger partial charge on any atom is -0.484 e. The van der Waals surface area contributed by atoms with Crippen molar-refractivity contribution in [3.63, 3.8) is 0 Å². The van der Waals surface area contributed by atoms with Crippen molar-refractivity contribution in [2.75, 3.05) is 27.4 Å². The molecule has 2 aromatic rings. The summed E-state index contributed by atoms with van der Waals surface area (Å²) in [7, 11) is 3.01. The van der Waals surface area contributed by atoms with Gasteiger partial charge in [0.15, 0.2) is 12.9 Å². The van der Waals surface area contributed by atoms with Gasteiger partial charge in [0.1, 0.15) is 5.75 Å². The van der Waals surface area contributed by atoms with Crippen LogP contribution < -0.4 is 15.4 Å². The largest absolute Gasteiger partial charge is 0.484 e. The minimum atomic E-state index is -0.517. The highest BCUT2D eigenvalue weighted by Crippen LogP contribution is 2.59. The summed E-state index contributed by atoms with van der Waals surface area (Å²) in [5, 5.41) is 7.14. The third kappa shape index (κ3) is 5.75. The van der Waals surface area contributed by atoms with E-state index in [0.717, 1.165) is 24.0 Å². The second-order valence-electron chi connectivity index (χ2n) is 10.1. The molecule has 1 aliphatic heterocycles. The molecule has 0 spiro atoms. The zero-order valence-corrected chi connectivity index (χ0v) is 23.1. The third-order valence-corrected chi connectivity index (χ3v) is 8.51. The molecule has 2 aromatic carbocycles. The lowest BCUT2D eigenvalue weighted by atomic mass is 9.56. The first-order valence-corrected chi connectivity index (χ1v) is 13.2. The van der Waals surface area contributed by atoms with Crippen LogP contribution in [0.25, 0.3) is 0 Å². The number of halogens is 2. The van der Waals surface area contributed by atoms with E-state index >= 15 is 0 Å². The standard InChI is InChI=1S/C28H34Cl2N2O5/c1-16-26-25(17-5-7-18(29)8-6-17)21(11-12-28(26,2)27(34)32-16)20-10-9-19(13-22(20)30)37-15-23(33)31-14-24(35-3)36-4/h5-10,13,16,21,24-26H,11-12,14-15H2,1-4H3,(H,31,33)(H,32,34)/t16-,21+,25+,26+,28-/m1/s1. The van der Waals surface area contributed by atoms with Crippen LogP contribution in [-0.2, 0) is 19.1 Å². The van der Waals surface area contributed by atoms with Crippen LogP contribution in [0.2, 0.25) is 10.0 Å². The maximum absolute atomic E-state index is 13.0. The Labute approximate surface area is 228 Å². The van der Waals surface area contributed by atoms with E-state index in [1.54, 1.807) is 6.07 Å². The van der Waals surface area contributed by atoms with Gasteiger partial charge in [-0.05, 0) is 67.0 Å². The first-order valence-electron chi connectivity index (χ1n) is 12.5. The van der Waals surface area contributed by atoms with E-state index in [2.05, 4.69) is 36.6 Å². The van der Waals surface area contributed by atoms with Crippen molar-refractivity contribution >= 4 is 35.0 Å². The van der Waals surface area contributed by atoms with Gasteiger partial charge in [0.2, 0.25) is 5.91 Å². The quantitative estimate of drug-likeness (QED) is 0.435. The van der Waals surface area contributed by atoms with E-state index in [4.69, 9.17) is 37.4 Å². The van der Waals surface area contributed by atoms with Crippen molar-refractivity contribution < 1.29 is 23.8 Å². The Morgan fingerprint density at radius 3 is 2.51 bits per heavy atom. The number of amides is 2. The third-order valence-electron chi connectivity index (χ3n) is 7.93. The normalized spacial score (nSPS) is 27.1. The summed E-state index contributed by atoms with van der Waals surface area (Å²) in [4.78, 5) is 25.1. The van der Waals surface area contributed by atoms with Gasteiger partial charge in [-0.1, -0.05) is 48.3 Å². The second kappa shape index (κ2) is 11.6. The number of ether oxygens (including phenoxy) is 3. The van der Waals surface area contributed by atoms with E-state index in [1.807, 2.05) is 24.3 Å². The van der Waals surface area contributed by atoms with E-state index < -0.39 is 11.7 Å². The average molecular weight is 549 g/mol. The number of nitrogens with one attached hydrogen (secondary N) is 2. The molecule has 4 rings (SSSR count). The molecule has 5 atom stereocenters. The van der Waals surface area contributed by atoms with Crippen molar-refractivity contribution in [2.45, 2.75) is 50.9 Å². The first-order chi connectivity index (χ1) is 17.7. The Morgan fingerprint density at radius 2 is 1.86 bits per heavy atom. The number of rotatable bonds is 9. The van der Waals surface area contributed by atoms with Crippen LogP contribution in [0.5, 0.6) is 5.75 Å². The lowest BCUT2D eigenvalue weighted by molar-refractivity contribution is -0.130. The average Bonchev–Trinajstić information content (AvgIpc) is 3.11. The van der Waals surface area contributed by atoms with E-state index in [9.17, 15) is 9.59 Å². The summed E-state index contributed by atoms with van der Waals surface area (Å²) in [5.74, 6) is 0.639. The minimum absolute atomic E-state index is 0.0386. The van der Waals surface area contributed by atoms with Gasteiger partial charge in [-0.3, -0.25) is 9.59 Å². The summed E-state index contributed by atoms with van der Waals surface area (Å²) in [6.07, 6.45) is 1.08. The zero-order valence-electron chi connectivity index (χ0n) is 21.6. The lowest BCUT2D eigenvalue weighted by Crippen LogP contribution is -2.42. The van der Waals surface area contributed by atoms with E-state index in [-0.39, 0.29) is 48.8 Å². The number of hydrogen-bond donors (Lipinski definition) is 2. The molecule has 2 N–H and O–H groups in total. The molecular formula is C28H34Cl2N2O5. The van der Waals surface area contributed by atoms with Gasteiger partial charge in [-0.25, -0.2) is 0 Å². The van der Waals surface area contributed by atoms with Gasteiger partial charge in [-0.15, -0.1) is 0 Å². The molecule has 37 heavy (non-hydrogen) atoms. The molecule has 0 bridgehead atoms. The van der Waals surface area contributed by atoms with Gasteiger partial charge < -0.3 is 24.8 Å². The highest BCUT2D eigenvalue weighted by Gasteiger charge is 2.57. The fourth-order valence-electron chi connectivity index (χ4n) is 6.07. The van der Waals surface area contributed by atoms with E-state index in [0.29, 0.717) is 15.8 Å². The van der Waals surface area contributed by atoms with Gasteiger partial charge in [0, 0.05) is 36.2 Å². The van der Waals surface area contributed by atoms with E-state index in [1.165, 1.54) is 14.2 Å². The van der Waals surface area contributed by atoms with Crippen LogP contribution in [0.4, 0.5) is 0 Å². The van der Waals surface area contributed by atoms with Crippen molar-refractivity contribution in [2.24, 2.45) is 11.3 Å². The Bertz CT molecular complexity index is 1120. The van der Waals surface area contributed by atoms with Gasteiger partial charge >= 0.3 is 0 Å². The van der Waals surface area contributed by atoms with Crippen molar-refractivity contribution in [3.05, 3.63) is 63.6 Å². The first kappa shape index (κ1) is 27.7. The molecule has 1 saturated carbocycles. The predicted octanol–water partition coefficient (Wildman–Crippen LogP) is 4.91. The number of fused-ring (bicyclic) bond motifs is 1. The molecule has 7 nitrogen and oxygen atoms in total. The van der Waals surface area contributed by atoms with Crippen molar-refractivity contribution in [3.8, 4) is 5.75 Å². The highest BCUT2D eigenvalue weighted by molar-refractivity contribution is 6.31. The van der Waals surface area contributed by atoms with Crippen LogP contribution in [-0.4, -0.2) is 51.5 Å². The summed E-state index contributed by atoms with van der Waals surface area (Å²) in [5.41, 5.74) is 1.72. The Morgan fingerprint density at radius 1 is 1.16 bits per heavy atom. The monoisotopic (exact) mass is 548 g/mol. The molecule has 1 saturated heterocycles. The van der Waals surface area contributed by atoms with Crippen LogP contribution >= 0.6 is 23.2 Å². The maximum Gasteiger partial charge on any atom is 0.258 e. The fourth-order valence-corrected chi connectivity index (χ4v) is 6.51.